The summed E-state index contributed by atoms with van der Waals surface area (Å²) in [5.41, 5.74) is 3.27. The average molecular weight is 378 g/mol. The molecular weight excluding hydrogens is 352 g/mol. The van der Waals surface area contributed by atoms with E-state index in [9.17, 15) is 9.59 Å². The zero-order valence-corrected chi connectivity index (χ0v) is 16.4. The van der Waals surface area contributed by atoms with E-state index < -0.39 is 0 Å². The maximum absolute atomic E-state index is 13.1. The van der Waals surface area contributed by atoms with Gasteiger partial charge in [0.15, 0.2) is 0 Å². The van der Waals surface area contributed by atoms with Gasteiger partial charge in [0, 0.05) is 26.1 Å². The monoisotopic (exact) mass is 378 g/mol. The van der Waals surface area contributed by atoms with E-state index in [0.29, 0.717) is 25.4 Å². The molecule has 0 N–H and O–H groups in total. The molecule has 28 heavy (non-hydrogen) atoms. The topological polar surface area (TPSA) is 49.9 Å². The first kappa shape index (κ1) is 18.5. The van der Waals surface area contributed by atoms with Crippen LogP contribution in [0.1, 0.15) is 31.4 Å². The van der Waals surface area contributed by atoms with Crippen LogP contribution in [0, 0.1) is 5.92 Å². The highest BCUT2D eigenvalue weighted by atomic mass is 16.5. The van der Waals surface area contributed by atoms with Crippen LogP contribution in [0.5, 0.6) is 5.75 Å². The first-order valence-electron chi connectivity index (χ1n) is 9.94. The van der Waals surface area contributed by atoms with Crippen molar-refractivity contribution in [2.24, 2.45) is 5.92 Å². The Morgan fingerprint density at radius 2 is 1.79 bits per heavy atom. The Hall–Kier alpha value is -2.82. The van der Waals surface area contributed by atoms with Crippen LogP contribution in [0.25, 0.3) is 0 Å². The van der Waals surface area contributed by atoms with Gasteiger partial charge in [0.05, 0.1) is 17.7 Å². The third-order valence-electron chi connectivity index (χ3n) is 5.44. The van der Waals surface area contributed by atoms with Crippen molar-refractivity contribution in [1.29, 1.82) is 0 Å². The lowest BCUT2D eigenvalue weighted by Gasteiger charge is -2.30. The molecule has 1 unspecified atom stereocenters. The SMILES string of the molecule is CC(C)Oc1ccccc1N1CC(C(=O)N2CCc3ccccc3C2)CC1=O. The molecule has 1 saturated heterocycles. The van der Waals surface area contributed by atoms with E-state index in [1.165, 1.54) is 11.1 Å². The predicted octanol–water partition coefficient (Wildman–Crippen LogP) is 3.41. The minimum Gasteiger partial charge on any atom is -0.489 e. The molecule has 0 aromatic heterocycles. The summed E-state index contributed by atoms with van der Waals surface area (Å²) in [6.45, 7) is 5.68. The largest absolute Gasteiger partial charge is 0.489 e. The lowest BCUT2D eigenvalue weighted by atomic mass is 9.98. The molecule has 1 atom stereocenters. The highest BCUT2D eigenvalue weighted by Crippen LogP contribution is 2.34. The normalized spacial score (nSPS) is 19.1. The highest BCUT2D eigenvalue weighted by molar-refractivity contribution is 6.01. The number of rotatable bonds is 4. The maximum Gasteiger partial charge on any atom is 0.228 e. The standard InChI is InChI=1S/C23H26N2O3/c1-16(2)28-21-10-6-5-9-20(21)25-15-19(13-22(25)26)23(27)24-12-11-17-7-3-4-8-18(17)14-24/h3-10,16,19H,11-15H2,1-2H3. The van der Waals surface area contributed by atoms with Gasteiger partial charge in [0.2, 0.25) is 11.8 Å². The first-order valence-corrected chi connectivity index (χ1v) is 9.94. The third kappa shape index (κ3) is 3.61. The molecule has 2 amide bonds. The van der Waals surface area contributed by atoms with E-state index in [1.54, 1.807) is 4.90 Å². The van der Waals surface area contributed by atoms with Gasteiger partial charge >= 0.3 is 0 Å². The van der Waals surface area contributed by atoms with Gasteiger partial charge in [-0.15, -0.1) is 0 Å². The molecule has 146 valence electrons. The van der Waals surface area contributed by atoms with Gasteiger partial charge in [0.1, 0.15) is 5.75 Å². The summed E-state index contributed by atoms with van der Waals surface area (Å²) in [7, 11) is 0. The van der Waals surface area contributed by atoms with Gasteiger partial charge < -0.3 is 14.5 Å². The van der Waals surface area contributed by atoms with Crippen LogP contribution in [0.2, 0.25) is 0 Å². The van der Waals surface area contributed by atoms with Crippen LogP contribution >= 0.6 is 0 Å². The number of amides is 2. The van der Waals surface area contributed by atoms with Gasteiger partial charge in [-0.2, -0.15) is 0 Å². The molecule has 0 radical (unpaired) electrons. The molecule has 0 spiro atoms. The summed E-state index contributed by atoms with van der Waals surface area (Å²) in [5.74, 6) is 0.443. The summed E-state index contributed by atoms with van der Waals surface area (Å²) in [6.07, 6.45) is 1.15. The summed E-state index contributed by atoms with van der Waals surface area (Å²) < 4.78 is 5.87. The Balaban J connectivity index is 1.49. The first-order chi connectivity index (χ1) is 13.5. The molecule has 2 aromatic carbocycles. The lowest BCUT2D eigenvalue weighted by Crippen LogP contribution is -2.40. The fourth-order valence-corrected chi connectivity index (χ4v) is 4.08. The highest BCUT2D eigenvalue weighted by Gasteiger charge is 2.38. The number of benzene rings is 2. The van der Waals surface area contributed by atoms with Gasteiger partial charge in [-0.3, -0.25) is 9.59 Å². The minimum absolute atomic E-state index is 0.0180. The van der Waals surface area contributed by atoms with Crippen molar-refractivity contribution < 1.29 is 14.3 Å². The van der Waals surface area contributed by atoms with Crippen LogP contribution in [0.4, 0.5) is 5.69 Å². The quantitative estimate of drug-likeness (QED) is 0.819. The second-order valence-electron chi connectivity index (χ2n) is 7.82. The molecule has 2 aromatic rings. The number of carbonyl (C=O) groups is 2. The Bertz CT molecular complexity index is 893. The Morgan fingerprint density at radius 3 is 2.57 bits per heavy atom. The van der Waals surface area contributed by atoms with Crippen molar-refractivity contribution in [3.63, 3.8) is 0 Å². The fraction of sp³-hybridized carbons (Fsp3) is 0.391. The number of carbonyl (C=O) groups excluding carboxylic acids is 2. The number of hydrogen-bond acceptors (Lipinski definition) is 3. The van der Waals surface area contributed by atoms with E-state index in [0.717, 1.165) is 12.1 Å². The molecular formula is C23H26N2O3. The van der Waals surface area contributed by atoms with Gasteiger partial charge in [-0.25, -0.2) is 0 Å². The molecule has 1 fully saturated rings. The Labute approximate surface area is 165 Å². The number of hydrogen-bond donors (Lipinski definition) is 0. The van der Waals surface area contributed by atoms with E-state index >= 15 is 0 Å². The fourth-order valence-electron chi connectivity index (χ4n) is 4.08. The summed E-state index contributed by atoms with van der Waals surface area (Å²) in [6, 6.07) is 15.8. The maximum atomic E-state index is 13.1. The Morgan fingerprint density at radius 1 is 1.07 bits per heavy atom. The van der Waals surface area contributed by atoms with Crippen LogP contribution in [-0.4, -0.2) is 35.9 Å². The van der Waals surface area contributed by atoms with Crippen molar-refractivity contribution in [3.05, 3.63) is 59.7 Å². The van der Waals surface area contributed by atoms with Crippen LogP contribution in [0.15, 0.2) is 48.5 Å². The van der Waals surface area contributed by atoms with Crippen LogP contribution in [0.3, 0.4) is 0 Å². The van der Waals surface area contributed by atoms with Crippen molar-refractivity contribution in [2.75, 3.05) is 18.0 Å². The molecule has 2 aliphatic heterocycles. The summed E-state index contributed by atoms with van der Waals surface area (Å²) >= 11 is 0. The van der Waals surface area contributed by atoms with Crippen LogP contribution < -0.4 is 9.64 Å². The molecule has 2 heterocycles. The van der Waals surface area contributed by atoms with Crippen molar-refractivity contribution in [1.82, 2.24) is 4.90 Å². The Kier molecular flexibility index (Phi) is 5.07. The molecule has 0 bridgehead atoms. The summed E-state index contributed by atoms with van der Waals surface area (Å²) in [4.78, 5) is 29.4. The number of ether oxygens (including phenoxy) is 1. The van der Waals surface area contributed by atoms with Gasteiger partial charge in [0.25, 0.3) is 0 Å². The van der Waals surface area contributed by atoms with E-state index in [4.69, 9.17) is 4.74 Å². The second kappa shape index (κ2) is 7.66. The number of anilines is 1. The minimum atomic E-state index is -0.301. The number of fused-ring (bicyclic) bond motifs is 1. The van der Waals surface area contributed by atoms with Crippen molar-refractivity contribution >= 4 is 17.5 Å². The van der Waals surface area contributed by atoms with E-state index in [-0.39, 0.29) is 30.3 Å². The van der Waals surface area contributed by atoms with E-state index in [2.05, 4.69) is 12.1 Å². The molecule has 2 aliphatic rings. The van der Waals surface area contributed by atoms with Crippen LogP contribution in [-0.2, 0) is 22.6 Å². The van der Waals surface area contributed by atoms with Crippen molar-refractivity contribution in [3.8, 4) is 5.75 Å². The molecule has 0 aliphatic carbocycles. The predicted molar refractivity (Wildman–Crippen MR) is 108 cm³/mol. The average Bonchev–Trinajstić information content (AvgIpc) is 3.08. The number of nitrogens with zero attached hydrogens (tertiary/aromatic N) is 2. The smallest absolute Gasteiger partial charge is 0.228 e. The van der Waals surface area contributed by atoms with Crippen molar-refractivity contribution in [2.45, 2.75) is 39.3 Å². The molecule has 5 nitrogen and oxygen atoms in total. The lowest BCUT2D eigenvalue weighted by molar-refractivity contribution is -0.136. The zero-order valence-electron chi connectivity index (χ0n) is 16.4. The molecule has 4 rings (SSSR count). The van der Waals surface area contributed by atoms with Gasteiger partial charge in [-0.05, 0) is 43.5 Å². The molecule has 5 heteroatoms. The summed E-state index contributed by atoms with van der Waals surface area (Å²) in [5, 5.41) is 0. The van der Waals surface area contributed by atoms with Gasteiger partial charge in [-0.1, -0.05) is 36.4 Å². The van der Waals surface area contributed by atoms with E-state index in [1.807, 2.05) is 55.1 Å². The third-order valence-corrected chi connectivity index (χ3v) is 5.44. The second-order valence-corrected chi connectivity index (χ2v) is 7.82. The number of para-hydroxylation sites is 2. The molecule has 0 saturated carbocycles. The zero-order chi connectivity index (χ0) is 19.7.